The fraction of sp³-hybridized carbons (Fsp3) is 0.406. The van der Waals surface area contributed by atoms with Crippen LogP contribution in [0.3, 0.4) is 0 Å². The Bertz CT molecular complexity index is 1230. The number of phenolic OH excluding ortho intramolecular Hbond substituents is 1. The Balaban J connectivity index is 1.36. The number of hydrogen-bond acceptors (Lipinski definition) is 3. The molecule has 1 aliphatic carbocycles. The molecule has 0 spiro atoms. The molecule has 2 bridgehead atoms. The number of para-hydroxylation sites is 1. The Morgan fingerprint density at radius 2 is 1.78 bits per heavy atom. The highest BCUT2D eigenvalue weighted by molar-refractivity contribution is 5.95. The van der Waals surface area contributed by atoms with E-state index in [1.54, 1.807) is 0 Å². The van der Waals surface area contributed by atoms with E-state index in [9.17, 15) is 9.90 Å². The average Bonchev–Trinajstić information content (AvgIpc) is 2.86. The Morgan fingerprint density at radius 3 is 2.50 bits per heavy atom. The minimum Gasteiger partial charge on any atom is -0.508 e. The number of carbonyl (C=O) groups is 1. The lowest BCUT2D eigenvalue weighted by Crippen LogP contribution is -2.58. The maximum absolute atomic E-state index is 13.8. The molecule has 1 aliphatic heterocycles. The van der Waals surface area contributed by atoms with Gasteiger partial charge >= 0.3 is 0 Å². The van der Waals surface area contributed by atoms with E-state index in [2.05, 4.69) is 69.0 Å². The number of piperidine rings is 1. The summed E-state index contributed by atoms with van der Waals surface area (Å²) >= 11 is 0. The van der Waals surface area contributed by atoms with Gasteiger partial charge < -0.3 is 10.0 Å². The predicted molar refractivity (Wildman–Crippen MR) is 146 cm³/mol. The van der Waals surface area contributed by atoms with Crippen LogP contribution in [0, 0.1) is 19.8 Å². The van der Waals surface area contributed by atoms with Crippen molar-refractivity contribution >= 4 is 11.6 Å². The number of hydrogen-bond donors (Lipinski definition) is 1. The molecule has 36 heavy (non-hydrogen) atoms. The molecule has 4 heteroatoms. The number of nitrogens with zero attached hydrogens (tertiary/aromatic N) is 2. The largest absolute Gasteiger partial charge is 0.508 e. The summed E-state index contributed by atoms with van der Waals surface area (Å²) in [7, 11) is 0. The molecule has 0 aromatic heterocycles. The summed E-state index contributed by atoms with van der Waals surface area (Å²) in [6, 6.07) is 22.8. The van der Waals surface area contributed by atoms with E-state index in [4.69, 9.17) is 0 Å². The van der Waals surface area contributed by atoms with Gasteiger partial charge in [-0.3, -0.25) is 9.69 Å². The quantitative estimate of drug-likeness (QED) is 0.458. The molecule has 1 saturated heterocycles. The topological polar surface area (TPSA) is 43.8 Å². The van der Waals surface area contributed by atoms with E-state index in [1.165, 1.54) is 11.1 Å². The average molecular weight is 483 g/mol. The van der Waals surface area contributed by atoms with Crippen molar-refractivity contribution < 1.29 is 9.90 Å². The van der Waals surface area contributed by atoms with Gasteiger partial charge in [0.2, 0.25) is 5.91 Å². The van der Waals surface area contributed by atoms with E-state index >= 15 is 0 Å². The molecular weight excluding hydrogens is 444 g/mol. The van der Waals surface area contributed by atoms with Crippen LogP contribution in [0.25, 0.3) is 0 Å². The van der Waals surface area contributed by atoms with Crippen LogP contribution in [-0.4, -0.2) is 35.0 Å². The van der Waals surface area contributed by atoms with Gasteiger partial charge in [0.15, 0.2) is 0 Å². The highest BCUT2D eigenvalue weighted by atomic mass is 16.3. The van der Waals surface area contributed by atoms with Crippen molar-refractivity contribution in [3.05, 3.63) is 94.5 Å². The second-order valence-electron chi connectivity index (χ2n) is 11.1. The number of aromatic hydroxyl groups is 1. The first-order chi connectivity index (χ1) is 17.3. The van der Waals surface area contributed by atoms with Crippen molar-refractivity contribution in [2.24, 2.45) is 5.92 Å². The number of fused-ring (bicyclic) bond motifs is 4. The predicted octanol–water partition coefficient (Wildman–Crippen LogP) is 6.16. The fourth-order valence-electron chi connectivity index (χ4n) is 6.64. The molecule has 5 rings (SSSR count). The van der Waals surface area contributed by atoms with E-state index in [1.807, 2.05) is 35.2 Å². The molecule has 188 valence electrons. The molecule has 1 fully saturated rings. The summed E-state index contributed by atoms with van der Waals surface area (Å²) in [5.41, 5.74) is 7.17. The number of benzene rings is 3. The second-order valence-corrected chi connectivity index (χ2v) is 11.1. The van der Waals surface area contributed by atoms with Crippen LogP contribution in [0.5, 0.6) is 5.75 Å². The Hall–Kier alpha value is -3.11. The molecule has 1 amide bonds. The molecule has 3 aromatic carbocycles. The monoisotopic (exact) mass is 482 g/mol. The lowest BCUT2D eigenvalue weighted by Gasteiger charge is -2.54. The van der Waals surface area contributed by atoms with Crippen LogP contribution < -0.4 is 4.90 Å². The summed E-state index contributed by atoms with van der Waals surface area (Å²) in [5, 5.41) is 10.1. The van der Waals surface area contributed by atoms with Crippen LogP contribution in [0.4, 0.5) is 5.69 Å². The van der Waals surface area contributed by atoms with Crippen molar-refractivity contribution in [3.63, 3.8) is 0 Å². The maximum atomic E-state index is 13.8. The molecule has 1 N–H and O–H groups in total. The smallest absolute Gasteiger partial charge is 0.228 e. The molecule has 3 aromatic rings. The van der Waals surface area contributed by atoms with Gasteiger partial charge in [0.25, 0.3) is 0 Å². The molecule has 3 atom stereocenters. The summed E-state index contributed by atoms with van der Waals surface area (Å²) in [6.45, 7) is 11.2. The third-order valence-electron chi connectivity index (χ3n) is 8.91. The van der Waals surface area contributed by atoms with Gasteiger partial charge in [0.1, 0.15) is 5.75 Å². The Kier molecular flexibility index (Phi) is 6.65. The normalized spacial score (nSPS) is 23.2. The van der Waals surface area contributed by atoms with Crippen LogP contribution >= 0.6 is 0 Å². The molecule has 0 radical (unpaired) electrons. The van der Waals surface area contributed by atoms with Crippen molar-refractivity contribution in [2.45, 2.75) is 65.0 Å². The number of rotatable bonds is 6. The SMILES string of the molecule is Cc1cccc(C)c1N(Cc1ccccc1)C(=O)CCN1CC[C@@]2(C)c3cc(O)ccc3C[C@@H]1[C@@H]2C. The van der Waals surface area contributed by atoms with Gasteiger partial charge in [0, 0.05) is 24.7 Å². The molecule has 2 aliphatic rings. The zero-order chi connectivity index (χ0) is 25.4. The van der Waals surface area contributed by atoms with Crippen LogP contribution in [-0.2, 0) is 23.2 Å². The zero-order valence-electron chi connectivity index (χ0n) is 22.0. The Morgan fingerprint density at radius 1 is 1.06 bits per heavy atom. The molecular formula is C32H38N2O2. The lowest BCUT2D eigenvalue weighted by atomic mass is 9.59. The first kappa shape index (κ1) is 24.6. The number of carbonyl (C=O) groups excluding carboxylic acids is 1. The number of phenols is 1. The fourth-order valence-corrected chi connectivity index (χ4v) is 6.64. The minimum absolute atomic E-state index is 0.0646. The number of anilines is 1. The van der Waals surface area contributed by atoms with Crippen LogP contribution in [0.2, 0.25) is 0 Å². The van der Waals surface area contributed by atoms with Crippen molar-refractivity contribution in [1.82, 2.24) is 4.90 Å². The van der Waals surface area contributed by atoms with Crippen molar-refractivity contribution in [1.29, 1.82) is 0 Å². The van der Waals surface area contributed by atoms with Crippen molar-refractivity contribution in [3.8, 4) is 5.75 Å². The number of likely N-dealkylation sites (tertiary alicyclic amines) is 1. The van der Waals surface area contributed by atoms with E-state index in [0.29, 0.717) is 30.7 Å². The van der Waals surface area contributed by atoms with E-state index < -0.39 is 0 Å². The minimum atomic E-state index is 0.0646. The summed E-state index contributed by atoms with van der Waals surface area (Å²) in [5.74, 6) is 1.01. The molecule has 1 heterocycles. The molecule has 4 nitrogen and oxygen atoms in total. The maximum Gasteiger partial charge on any atom is 0.228 e. The zero-order valence-corrected chi connectivity index (χ0v) is 22.0. The van der Waals surface area contributed by atoms with Gasteiger partial charge in [-0.25, -0.2) is 0 Å². The van der Waals surface area contributed by atoms with Gasteiger partial charge in [0.05, 0.1) is 6.54 Å². The summed E-state index contributed by atoms with van der Waals surface area (Å²) in [6.07, 6.45) is 2.52. The second kappa shape index (κ2) is 9.74. The van der Waals surface area contributed by atoms with Gasteiger partial charge in [-0.1, -0.05) is 68.4 Å². The van der Waals surface area contributed by atoms with Gasteiger partial charge in [-0.15, -0.1) is 0 Å². The summed E-state index contributed by atoms with van der Waals surface area (Å²) < 4.78 is 0. The number of amides is 1. The highest BCUT2D eigenvalue weighted by Crippen LogP contribution is 2.49. The summed E-state index contributed by atoms with van der Waals surface area (Å²) in [4.78, 5) is 18.4. The van der Waals surface area contributed by atoms with Crippen LogP contribution in [0.15, 0.2) is 66.7 Å². The molecule has 0 unspecified atom stereocenters. The van der Waals surface area contributed by atoms with E-state index in [-0.39, 0.29) is 11.3 Å². The highest BCUT2D eigenvalue weighted by Gasteiger charge is 2.48. The van der Waals surface area contributed by atoms with Gasteiger partial charge in [-0.2, -0.15) is 0 Å². The standard InChI is InChI=1S/C32H38N2O2/c1-22-9-8-10-23(2)31(22)34(21-25-11-6-5-7-12-25)30(36)15-17-33-18-16-32(4)24(3)29(33)19-26-13-14-27(35)20-28(26)32/h5-14,20,24,29,35H,15-19,21H2,1-4H3/t24-,29+,32+/m0/s1. The van der Waals surface area contributed by atoms with E-state index in [0.717, 1.165) is 48.3 Å². The Labute approximate surface area is 215 Å². The third-order valence-corrected chi connectivity index (χ3v) is 8.91. The lowest BCUT2D eigenvalue weighted by molar-refractivity contribution is -0.119. The van der Waals surface area contributed by atoms with Crippen molar-refractivity contribution in [2.75, 3.05) is 18.0 Å². The van der Waals surface area contributed by atoms with Gasteiger partial charge in [-0.05, 0) is 84.5 Å². The number of aryl methyl sites for hydroxylation is 2. The molecule has 0 saturated carbocycles. The first-order valence-corrected chi connectivity index (χ1v) is 13.2. The third kappa shape index (κ3) is 4.43. The van der Waals surface area contributed by atoms with Crippen LogP contribution in [0.1, 0.15) is 54.5 Å². The first-order valence-electron chi connectivity index (χ1n) is 13.2.